The first-order chi connectivity index (χ1) is 7.45. The molecule has 1 N–H and O–H groups in total. The largest absolute Gasteiger partial charge is 0.375 e. The molecule has 0 amide bonds. The summed E-state index contributed by atoms with van der Waals surface area (Å²) in [5.41, 5.74) is 1.02. The number of pyridine rings is 1. The predicted molar refractivity (Wildman–Crippen MR) is 59.5 cm³/mol. The molecule has 1 saturated heterocycles. The highest BCUT2D eigenvalue weighted by molar-refractivity contribution is 5.01. The third-order valence-corrected chi connectivity index (χ3v) is 2.81. The summed E-state index contributed by atoms with van der Waals surface area (Å²) >= 11 is 0. The fourth-order valence-electron chi connectivity index (χ4n) is 1.87. The second-order valence-electron chi connectivity index (χ2n) is 4.02. The van der Waals surface area contributed by atoms with E-state index in [9.17, 15) is 0 Å². The van der Waals surface area contributed by atoms with Crippen LogP contribution >= 0.6 is 0 Å². The van der Waals surface area contributed by atoms with Crippen molar-refractivity contribution >= 4 is 0 Å². The van der Waals surface area contributed by atoms with Crippen LogP contribution in [0, 0.1) is 5.92 Å². The smallest absolute Gasteiger partial charge is 0.0887 e. The van der Waals surface area contributed by atoms with Gasteiger partial charge in [0.1, 0.15) is 0 Å². The van der Waals surface area contributed by atoms with Gasteiger partial charge in [-0.15, -0.1) is 0 Å². The van der Waals surface area contributed by atoms with Crippen molar-refractivity contribution in [1.29, 1.82) is 0 Å². The molecule has 2 rings (SSSR count). The standard InChI is InChI=1S/C12H18N2O/c1-2-6-14-12(3-1)10-15-8-5-11-4-7-13-9-11/h1-3,6,11,13H,4-5,7-10H2. The Morgan fingerprint density at radius 3 is 3.20 bits per heavy atom. The van der Waals surface area contributed by atoms with E-state index >= 15 is 0 Å². The summed E-state index contributed by atoms with van der Waals surface area (Å²) in [4.78, 5) is 4.21. The minimum Gasteiger partial charge on any atom is -0.375 e. The maximum absolute atomic E-state index is 5.59. The third kappa shape index (κ3) is 3.61. The molecule has 1 atom stereocenters. The van der Waals surface area contributed by atoms with Crippen LogP contribution in [0.2, 0.25) is 0 Å². The average Bonchev–Trinajstić information content (AvgIpc) is 2.79. The Balaban J connectivity index is 1.59. The highest BCUT2D eigenvalue weighted by Gasteiger charge is 2.13. The lowest BCUT2D eigenvalue weighted by molar-refractivity contribution is 0.106. The summed E-state index contributed by atoms with van der Waals surface area (Å²) in [5, 5.41) is 3.36. The van der Waals surface area contributed by atoms with Crippen LogP contribution in [0.3, 0.4) is 0 Å². The van der Waals surface area contributed by atoms with Crippen LogP contribution in [-0.4, -0.2) is 24.7 Å². The van der Waals surface area contributed by atoms with E-state index in [0.29, 0.717) is 6.61 Å². The lowest BCUT2D eigenvalue weighted by Gasteiger charge is -2.08. The van der Waals surface area contributed by atoms with E-state index in [1.807, 2.05) is 18.2 Å². The van der Waals surface area contributed by atoms with Crippen LogP contribution in [0.1, 0.15) is 18.5 Å². The van der Waals surface area contributed by atoms with E-state index in [1.54, 1.807) is 6.20 Å². The topological polar surface area (TPSA) is 34.1 Å². The van der Waals surface area contributed by atoms with Crippen LogP contribution in [0.25, 0.3) is 0 Å². The number of rotatable bonds is 5. The van der Waals surface area contributed by atoms with Crippen LogP contribution in [0.4, 0.5) is 0 Å². The van der Waals surface area contributed by atoms with Crippen molar-refractivity contribution in [3.8, 4) is 0 Å². The van der Waals surface area contributed by atoms with E-state index < -0.39 is 0 Å². The summed E-state index contributed by atoms with van der Waals surface area (Å²) in [6.07, 6.45) is 4.27. The van der Waals surface area contributed by atoms with Gasteiger partial charge in [-0.25, -0.2) is 0 Å². The van der Waals surface area contributed by atoms with Crippen molar-refractivity contribution in [3.05, 3.63) is 30.1 Å². The van der Waals surface area contributed by atoms with Gasteiger partial charge >= 0.3 is 0 Å². The molecule has 0 spiro atoms. The molecule has 0 aliphatic carbocycles. The first-order valence-corrected chi connectivity index (χ1v) is 5.63. The normalized spacial score (nSPS) is 20.7. The average molecular weight is 206 g/mol. The zero-order valence-corrected chi connectivity index (χ0v) is 8.98. The van der Waals surface area contributed by atoms with Crippen LogP contribution in [-0.2, 0) is 11.3 Å². The SMILES string of the molecule is c1ccc(COCCC2CCNC2)nc1. The fraction of sp³-hybridized carbons (Fsp3) is 0.583. The molecular formula is C12H18N2O. The Labute approximate surface area is 90.9 Å². The van der Waals surface area contributed by atoms with Crippen molar-refractivity contribution in [2.75, 3.05) is 19.7 Å². The van der Waals surface area contributed by atoms with Gasteiger partial charge in [0.15, 0.2) is 0 Å². The fourth-order valence-corrected chi connectivity index (χ4v) is 1.87. The van der Waals surface area contributed by atoms with Gasteiger partial charge in [-0.3, -0.25) is 4.98 Å². The molecule has 0 radical (unpaired) electrons. The summed E-state index contributed by atoms with van der Waals surface area (Å²) in [6.45, 7) is 3.82. The number of ether oxygens (including phenoxy) is 1. The van der Waals surface area contributed by atoms with E-state index in [0.717, 1.165) is 24.8 Å². The number of aromatic nitrogens is 1. The van der Waals surface area contributed by atoms with Gasteiger partial charge in [0, 0.05) is 12.8 Å². The van der Waals surface area contributed by atoms with Crippen LogP contribution in [0.15, 0.2) is 24.4 Å². The van der Waals surface area contributed by atoms with Crippen molar-refractivity contribution in [3.63, 3.8) is 0 Å². The van der Waals surface area contributed by atoms with E-state index in [2.05, 4.69) is 10.3 Å². The van der Waals surface area contributed by atoms with Crippen molar-refractivity contribution in [2.24, 2.45) is 5.92 Å². The minimum absolute atomic E-state index is 0.640. The van der Waals surface area contributed by atoms with Gasteiger partial charge in [0.2, 0.25) is 0 Å². The van der Waals surface area contributed by atoms with Crippen LogP contribution in [0.5, 0.6) is 0 Å². The van der Waals surface area contributed by atoms with Crippen LogP contribution < -0.4 is 5.32 Å². The maximum Gasteiger partial charge on any atom is 0.0887 e. The van der Waals surface area contributed by atoms with Crippen molar-refractivity contribution in [1.82, 2.24) is 10.3 Å². The molecule has 3 heteroatoms. The molecule has 0 saturated carbocycles. The Bertz CT molecular complexity index is 270. The molecule has 1 aliphatic heterocycles. The molecule has 1 aromatic rings. The summed E-state index contributed by atoms with van der Waals surface area (Å²) in [6, 6.07) is 5.91. The van der Waals surface area contributed by atoms with Gasteiger partial charge in [-0.05, 0) is 44.0 Å². The highest BCUT2D eigenvalue weighted by Crippen LogP contribution is 2.12. The second kappa shape index (κ2) is 5.83. The van der Waals surface area contributed by atoms with Crippen molar-refractivity contribution in [2.45, 2.75) is 19.4 Å². The van der Waals surface area contributed by atoms with E-state index in [4.69, 9.17) is 4.74 Å². The molecule has 1 fully saturated rings. The summed E-state index contributed by atoms with van der Waals surface area (Å²) in [7, 11) is 0. The Morgan fingerprint density at radius 1 is 1.47 bits per heavy atom. The Kier molecular flexibility index (Phi) is 4.11. The Morgan fingerprint density at radius 2 is 2.47 bits per heavy atom. The molecule has 82 valence electrons. The number of hydrogen-bond donors (Lipinski definition) is 1. The molecule has 1 unspecified atom stereocenters. The zero-order valence-electron chi connectivity index (χ0n) is 8.98. The number of nitrogens with zero attached hydrogens (tertiary/aromatic N) is 1. The third-order valence-electron chi connectivity index (χ3n) is 2.81. The molecule has 3 nitrogen and oxygen atoms in total. The first-order valence-electron chi connectivity index (χ1n) is 5.63. The summed E-state index contributed by atoms with van der Waals surface area (Å²) in [5.74, 6) is 0.814. The molecule has 1 aromatic heterocycles. The van der Waals surface area contributed by atoms with Crippen molar-refractivity contribution < 1.29 is 4.74 Å². The monoisotopic (exact) mass is 206 g/mol. The molecule has 0 aromatic carbocycles. The van der Waals surface area contributed by atoms with E-state index in [-0.39, 0.29) is 0 Å². The van der Waals surface area contributed by atoms with Gasteiger partial charge in [-0.2, -0.15) is 0 Å². The zero-order chi connectivity index (χ0) is 10.3. The van der Waals surface area contributed by atoms with Gasteiger partial charge in [0.25, 0.3) is 0 Å². The Hall–Kier alpha value is -0.930. The highest BCUT2D eigenvalue weighted by atomic mass is 16.5. The lowest BCUT2D eigenvalue weighted by Crippen LogP contribution is -2.10. The minimum atomic E-state index is 0.640. The number of hydrogen-bond acceptors (Lipinski definition) is 3. The number of nitrogens with one attached hydrogen (secondary N) is 1. The molecule has 15 heavy (non-hydrogen) atoms. The second-order valence-corrected chi connectivity index (χ2v) is 4.02. The molecular weight excluding hydrogens is 188 g/mol. The predicted octanol–water partition coefficient (Wildman–Crippen LogP) is 1.60. The maximum atomic E-state index is 5.59. The summed E-state index contributed by atoms with van der Waals surface area (Å²) < 4.78 is 5.59. The van der Waals surface area contributed by atoms with Gasteiger partial charge < -0.3 is 10.1 Å². The molecule has 2 heterocycles. The van der Waals surface area contributed by atoms with Gasteiger partial charge in [-0.1, -0.05) is 6.07 Å². The quantitative estimate of drug-likeness (QED) is 0.743. The molecule has 0 bridgehead atoms. The molecule has 1 aliphatic rings. The van der Waals surface area contributed by atoms with Gasteiger partial charge in [0.05, 0.1) is 12.3 Å². The first kappa shape index (κ1) is 10.6. The lowest BCUT2D eigenvalue weighted by atomic mass is 10.1. The van der Waals surface area contributed by atoms with E-state index in [1.165, 1.54) is 19.4 Å².